The monoisotopic (exact) mass is 438 g/mol. The van der Waals surface area contributed by atoms with Gasteiger partial charge in [-0.3, -0.25) is 14.6 Å². The van der Waals surface area contributed by atoms with Crippen LogP contribution in [0.2, 0.25) is 0 Å². The summed E-state index contributed by atoms with van der Waals surface area (Å²) in [4.78, 5) is 32.2. The van der Waals surface area contributed by atoms with Crippen LogP contribution in [0.1, 0.15) is 36.8 Å². The van der Waals surface area contributed by atoms with Gasteiger partial charge in [-0.15, -0.1) is 0 Å². The summed E-state index contributed by atoms with van der Waals surface area (Å²) in [7, 11) is 0. The van der Waals surface area contributed by atoms with E-state index < -0.39 is 18.2 Å². The number of hydrogen-bond acceptors (Lipinski definition) is 5. The number of benzene rings is 2. The molecule has 32 heavy (non-hydrogen) atoms. The summed E-state index contributed by atoms with van der Waals surface area (Å²) in [5.41, 5.74) is 0.868. The van der Waals surface area contributed by atoms with E-state index in [0.29, 0.717) is 24.0 Å². The zero-order chi connectivity index (χ0) is 22.7. The second kappa shape index (κ2) is 8.75. The first-order valence-electron chi connectivity index (χ1n) is 10.2. The van der Waals surface area contributed by atoms with Gasteiger partial charge in [-0.25, -0.2) is 0 Å². The van der Waals surface area contributed by atoms with Crippen molar-refractivity contribution in [3.63, 3.8) is 0 Å². The van der Waals surface area contributed by atoms with Crippen LogP contribution in [0.3, 0.4) is 0 Å². The number of aliphatic imine (C=N–C) groups is 1. The third-order valence-corrected chi connectivity index (χ3v) is 5.61. The number of alkyl halides is 2. The molecule has 1 fully saturated rings. The normalized spacial score (nSPS) is 16.9. The van der Waals surface area contributed by atoms with Gasteiger partial charge in [0.25, 0.3) is 5.91 Å². The molecule has 1 aliphatic carbocycles. The molecule has 4 rings (SSSR count). The third-order valence-electron chi connectivity index (χ3n) is 5.61. The highest BCUT2D eigenvalue weighted by molar-refractivity contribution is 6.47. The minimum atomic E-state index is -2.97. The zero-order valence-electron chi connectivity index (χ0n) is 17.1. The predicted molar refractivity (Wildman–Crippen MR) is 112 cm³/mol. The minimum Gasteiger partial charge on any atom is -0.435 e. The number of hydrogen-bond donors (Lipinski definition) is 1. The highest BCUT2D eigenvalue weighted by atomic mass is 19.3. The second-order valence-electron chi connectivity index (χ2n) is 7.68. The number of nitriles is 1. The lowest BCUT2D eigenvalue weighted by Crippen LogP contribution is -2.48. The Balaban J connectivity index is 1.52. The SMILES string of the molecule is N#Cc1ccc(C2=NC3(CCCC3)N(CC(=O)Nc3cccc(OC(F)F)c3)C2=O)cc1. The average Bonchev–Trinajstić information content (AvgIpc) is 3.34. The number of carbonyl (C=O) groups excluding carboxylic acids is 2. The standard InChI is InChI=1S/C23H20F2N4O3/c24-22(25)32-18-5-3-4-17(12-18)27-19(30)14-29-21(31)20(28-23(29)10-1-2-11-23)16-8-6-15(13-26)7-9-16/h3-9,12,22H,1-2,10-11,14H2,(H,27,30). The van der Waals surface area contributed by atoms with Gasteiger partial charge < -0.3 is 15.0 Å². The molecule has 9 heteroatoms. The molecular formula is C23H20F2N4O3. The van der Waals surface area contributed by atoms with Crippen molar-refractivity contribution in [3.05, 3.63) is 59.7 Å². The molecule has 0 bridgehead atoms. The van der Waals surface area contributed by atoms with Crippen molar-refractivity contribution < 1.29 is 23.1 Å². The van der Waals surface area contributed by atoms with Crippen LogP contribution < -0.4 is 10.1 Å². The summed E-state index contributed by atoms with van der Waals surface area (Å²) in [6.45, 7) is -3.19. The van der Waals surface area contributed by atoms with E-state index in [0.717, 1.165) is 12.8 Å². The van der Waals surface area contributed by atoms with Crippen LogP contribution in [0, 0.1) is 11.3 Å². The number of nitrogens with one attached hydrogen (secondary N) is 1. The Hall–Kier alpha value is -3.80. The average molecular weight is 438 g/mol. The molecule has 1 saturated carbocycles. The number of amides is 2. The summed E-state index contributed by atoms with van der Waals surface area (Å²) in [5, 5.41) is 11.6. The van der Waals surface area contributed by atoms with E-state index >= 15 is 0 Å². The third kappa shape index (κ3) is 4.30. The second-order valence-corrected chi connectivity index (χ2v) is 7.68. The maximum absolute atomic E-state index is 13.2. The van der Waals surface area contributed by atoms with Gasteiger partial charge in [-0.1, -0.05) is 18.2 Å². The van der Waals surface area contributed by atoms with Crippen molar-refractivity contribution >= 4 is 23.2 Å². The summed E-state index contributed by atoms with van der Waals surface area (Å²) >= 11 is 0. The van der Waals surface area contributed by atoms with E-state index in [9.17, 15) is 18.4 Å². The van der Waals surface area contributed by atoms with Crippen LogP contribution in [0.4, 0.5) is 14.5 Å². The lowest BCUT2D eigenvalue weighted by molar-refractivity contribution is -0.132. The van der Waals surface area contributed by atoms with Gasteiger partial charge in [0.15, 0.2) is 0 Å². The molecule has 0 aromatic heterocycles. The van der Waals surface area contributed by atoms with Crippen LogP contribution in [-0.2, 0) is 9.59 Å². The van der Waals surface area contributed by atoms with Gasteiger partial charge in [0.2, 0.25) is 5.91 Å². The van der Waals surface area contributed by atoms with E-state index in [1.54, 1.807) is 30.3 Å². The molecule has 164 valence electrons. The molecule has 7 nitrogen and oxygen atoms in total. The van der Waals surface area contributed by atoms with Crippen LogP contribution in [0.25, 0.3) is 0 Å². The number of halogens is 2. The molecule has 0 radical (unpaired) electrons. The Morgan fingerprint density at radius 2 is 1.94 bits per heavy atom. The summed E-state index contributed by atoms with van der Waals surface area (Å²) < 4.78 is 29.2. The molecule has 1 spiro atoms. The van der Waals surface area contributed by atoms with Crippen LogP contribution in [0.15, 0.2) is 53.5 Å². The van der Waals surface area contributed by atoms with Crippen molar-refractivity contribution in [2.45, 2.75) is 38.0 Å². The Bertz CT molecular complexity index is 1100. The molecule has 2 aromatic carbocycles. The Labute approximate surface area is 183 Å². The van der Waals surface area contributed by atoms with Crippen molar-refractivity contribution in [3.8, 4) is 11.8 Å². The highest BCUT2D eigenvalue weighted by Crippen LogP contribution is 2.41. The van der Waals surface area contributed by atoms with Crippen molar-refractivity contribution in [2.24, 2.45) is 4.99 Å². The van der Waals surface area contributed by atoms with Crippen molar-refractivity contribution in [1.82, 2.24) is 4.90 Å². The number of carbonyl (C=O) groups is 2. The fraction of sp³-hybridized carbons (Fsp3) is 0.304. The first-order valence-corrected chi connectivity index (χ1v) is 10.2. The molecule has 0 unspecified atom stereocenters. The van der Waals surface area contributed by atoms with E-state index in [2.05, 4.69) is 10.1 Å². The molecular weight excluding hydrogens is 418 g/mol. The van der Waals surface area contributed by atoms with Crippen LogP contribution >= 0.6 is 0 Å². The molecule has 2 aliphatic rings. The molecule has 2 aromatic rings. The highest BCUT2D eigenvalue weighted by Gasteiger charge is 2.49. The number of ether oxygens (including phenoxy) is 1. The smallest absolute Gasteiger partial charge is 0.387 e. The quantitative estimate of drug-likeness (QED) is 0.744. The molecule has 1 N–H and O–H groups in total. The Morgan fingerprint density at radius 1 is 1.22 bits per heavy atom. The predicted octanol–water partition coefficient (Wildman–Crippen LogP) is 3.70. The van der Waals surface area contributed by atoms with E-state index in [1.165, 1.54) is 23.1 Å². The molecule has 1 heterocycles. The lowest BCUT2D eigenvalue weighted by Gasteiger charge is -2.32. The maximum atomic E-state index is 13.2. The number of nitrogens with zero attached hydrogens (tertiary/aromatic N) is 3. The maximum Gasteiger partial charge on any atom is 0.387 e. The summed E-state index contributed by atoms with van der Waals surface area (Å²) in [6, 6.07) is 14.3. The summed E-state index contributed by atoms with van der Waals surface area (Å²) in [5.74, 6) is -0.884. The van der Waals surface area contributed by atoms with Gasteiger partial charge in [-0.2, -0.15) is 14.0 Å². The van der Waals surface area contributed by atoms with E-state index in [-0.39, 0.29) is 29.6 Å². The van der Waals surface area contributed by atoms with Crippen LogP contribution in [0.5, 0.6) is 5.75 Å². The summed E-state index contributed by atoms with van der Waals surface area (Å²) in [6.07, 6.45) is 3.10. The lowest BCUT2D eigenvalue weighted by atomic mass is 10.1. The minimum absolute atomic E-state index is 0.0752. The van der Waals surface area contributed by atoms with Crippen molar-refractivity contribution in [1.29, 1.82) is 5.26 Å². The Kier molecular flexibility index (Phi) is 5.86. The van der Waals surface area contributed by atoms with Gasteiger partial charge in [0, 0.05) is 17.3 Å². The Morgan fingerprint density at radius 3 is 2.59 bits per heavy atom. The molecule has 2 amide bonds. The number of anilines is 1. The first-order chi connectivity index (χ1) is 15.4. The molecule has 0 atom stereocenters. The van der Waals surface area contributed by atoms with Crippen molar-refractivity contribution in [2.75, 3.05) is 11.9 Å². The molecule has 0 saturated heterocycles. The van der Waals surface area contributed by atoms with Crippen LogP contribution in [-0.4, -0.2) is 41.2 Å². The van der Waals surface area contributed by atoms with Gasteiger partial charge >= 0.3 is 6.61 Å². The fourth-order valence-electron chi connectivity index (χ4n) is 4.16. The van der Waals surface area contributed by atoms with Gasteiger partial charge in [0.05, 0.1) is 11.6 Å². The number of rotatable bonds is 6. The zero-order valence-corrected chi connectivity index (χ0v) is 17.1. The van der Waals surface area contributed by atoms with Gasteiger partial charge in [0.1, 0.15) is 23.7 Å². The van der Waals surface area contributed by atoms with Gasteiger partial charge in [-0.05, 0) is 49.9 Å². The molecule has 1 aliphatic heterocycles. The van der Waals surface area contributed by atoms with E-state index in [4.69, 9.17) is 10.3 Å². The fourth-order valence-corrected chi connectivity index (χ4v) is 4.16. The largest absolute Gasteiger partial charge is 0.435 e. The first kappa shape index (κ1) is 21.4. The topological polar surface area (TPSA) is 94.8 Å². The van der Waals surface area contributed by atoms with E-state index in [1.807, 2.05) is 6.07 Å².